The Labute approximate surface area is 134 Å². The van der Waals surface area contributed by atoms with Crippen LogP contribution in [0, 0.1) is 6.92 Å². The number of thiophene rings is 1. The first-order chi connectivity index (χ1) is 10.5. The Morgan fingerprint density at radius 3 is 2.95 bits per heavy atom. The standard InChI is InChI=1S/C14H22N4O3S/c1-10-8-22-9-12(10)16-14(20)18-3-4-21-11(6-18)5-17(2)7-13(15)19/h8-9,11H,3-7H2,1-2H3,(H2,15,19)(H,16,20). The van der Waals surface area contributed by atoms with E-state index >= 15 is 0 Å². The molecule has 8 heteroatoms. The molecular formula is C14H22N4O3S. The van der Waals surface area contributed by atoms with Gasteiger partial charge in [-0.25, -0.2) is 4.79 Å². The number of likely N-dealkylation sites (N-methyl/N-ethyl adjacent to an activating group) is 1. The molecule has 1 aliphatic rings. The van der Waals surface area contributed by atoms with Crippen LogP contribution in [-0.4, -0.2) is 67.7 Å². The Balaban J connectivity index is 1.86. The summed E-state index contributed by atoms with van der Waals surface area (Å²) in [6.45, 7) is 4.26. The van der Waals surface area contributed by atoms with Crippen LogP contribution in [-0.2, 0) is 9.53 Å². The van der Waals surface area contributed by atoms with Gasteiger partial charge in [-0.1, -0.05) is 0 Å². The maximum Gasteiger partial charge on any atom is 0.322 e. The first kappa shape index (κ1) is 16.7. The molecule has 0 aliphatic carbocycles. The Kier molecular flexibility index (Phi) is 5.76. The maximum atomic E-state index is 12.3. The van der Waals surface area contributed by atoms with E-state index in [4.69, 9.17) is 10.5 Å². The van der Waals surface area contributed by atoms with E-state index in [1.807, 2.05) is 24.7 Å². The summed E-state index contributed by atoms with van der Waals surface area (Å²) in [5, 5.41) is 6.84. The second kappa shape index (κ2) is 7.57. The highest BCUT2D eigenvalue weighted by atomic mass is 32.1. The molecular weight excluding hydrogens is 304 g/mol. The number of hydrogen-bond donors (Lipinski definition) is 2. The minimum atomic E-state index is -0.374. The van der Waals surface area contributed by atoms with Gasteiger partial charge in [-0.2, -0.15) is 0 Å². The number of morpholine rings is 1. The Bertz CT molecular complexity index is 534. The van der Waals surface area contributed by atoms with E-state index in [9.17, 15) is 9.59 Å². The number of anilines is 1. The molecule has 0 radical (unpaired) electrons. The summed E-state index contributed by atoms with van der Waals surface area (Å²) in [5.74, 6) is -0.374. The number of nitrogens with zero attached hydrogens (tertiary/aromatic N) is 2. The van der Waals surface area contributed by atoms with E-state index in [0.717, 1.165) is 11.3 Å². The Morgan fingerprint density at radius 1 is 1.55 bits per heavy atom. The number of hydrogen-bond acceptors (Lipinski definition) is 5. The van der Waals surface area contributed by atoms with E-state index in [-0.39, 0.29) is 24.6 Å². The predicted octanol–water partition coefficient (Wildman–Crippen LogP) is 0.706. The van der Waals surface area contributed by atoms with Gasteiger partial charge in [0, 0.05) is 25.0 Å². The van der Waals surface area contributed by atoms with E-state index in [0.29, 0.717) is 26.2 Å². The Morgan fingerprint density at radius 2 is 2.32 bits per heavy atom. The molecule has 1 atom stereocenters. The molecule has 1 saturated heterocycles. The molecule has 0 aromatic carbocycles. The van der Waals surface area contributed by atoms with Crippen LogP contribution in [0.5, 0.6) is 0 Å². The van der Waals surface area contributed by atoms with Gasteiger partial charge in [0.2, 0.25) is 5.91 Å². The lowest BCUT2D eigenvalue weighted by molar-refractivity contribution is -0.119. The number of ether oxygens (including phenoxy) is 1. The van der Waals surface area contributed by atoms with Gasteiger partial charge in [0.1, 0.15) is 0 Å². The number of nitrogens with two attached hydrogens (primary N) is 1. The molecule has 7 nitrogen and oxygen atoms in total. The van der Waals surface area contributed by atoms with Gasteiger partial charge in [0.05, 0.1) is 24.9 Å². The van der Waals surface area contributed by atoms with E-state index in [1.54, 1.807) is 21.1 Å². The van der Waals surface area contributed by atoms with Crippen LogP contribution in [0.1, 0.15) is 5.56 Å². The van der Waals surface area contributed by atoms with Crippen molar-refractivity contribution < 1.29 is 14.3 Å². The molecule has 1 aromatic rings. The first-order valence-corrected chi connectivity index (χ1v) is 8.07. The highest BCUT2D eigenvalue weighted by Crippen LogP contribution is 2.20. The van der Waals surface area contributed by atoms with Crippen molar-refractivity contribution >= 4 is 29.0 Å². The lowest BCUT2D eigenvalue weighted by Gasteiger charge is -2.34. The fourth-order valence-electron chi connectivity index (χ4n) is 2.38. The number of primary amides is 1. The fraction of sp³-hybridized carbons (Fsp3) is 0.571. The smallest absolute Gasteiger partial charge is 0.322 e. The summed E-state index contributed by atoms with van der Waals surface area (Å²) < 4.78 is 5.66. The van der Waals surface area contributed by atoms with E-state index in [2.05, 4.69) is 5.32 Å². The van der Waals surface area contributed by atoms with Crippen molar-refractivity contribution in [3.63, 3.8) is 0 Å². The molecule has 3 amide bonds. The van der Waals surface area contributed by atoms with Crippen molar-refractivity contribution in [2.24, 2.45) is 5.73 Å². The second-order valence-electron chi connectivity index (χ2n) is 5.50. The second-order valence-corrected chi connectivity index (χ2v) is 6.24. The lowest BCUT2D eigenvalue weighted by atomic mass is 10.2. The molecule has 0 bridgehead atoms. The highest BCUT2D eigenvalue weighted by molar-refractivity contribution is 7.08. The normalized spacial score (nSPS) is 18.5. The highest BCUT2D eigenvalue weighted by Gasteiger charge is 2.25. The SMILES string of the molecule is Cc1cscc1NC(=O)N1CCOC(CN(C)CC(N)=O)C1. The van der Waals surface area contributed by atoms with Gasteiger partial charge < -0.3 is 20.7 Å². The summed E-state index contributed by atoms with van der Waals surface area (Å²) in [4.78, 5) is 26.7. The topological polar surface area (TPSA) is 87.9 Å². The van der Waals surface area contributed by atoms with Crippen molar-refractivity contribution in [2.45, 2.75) is 13.0 Å². The molecule has 0 saturated carbocycles. The first-order valence-electron chi connectivity index (χ1n) is 7.13. The number of carbonyl (C=O) groups excluding carboxylic acids is 2. The third kappa shape index (κ3) is 4.69. The summed E-state index contributed by atoms with van der Waals surface area (Å²) in [7, 11) is 1.81. The molecule has 1 aliphatic heterocycles. The summed E-state index contributed by atoms with van der Waals surface area (Å²) in [6, 6.07) is -0.118. The quantitative estimate of drug-likeness (QED) is 0.834. The van der Waals surface area contributed by atoms with Gasteiger partial charge in [0.25, 0.3) is 0 Å². The largest absolute Gasteiger partial charge is 0.373 e. The monoisotopic (exact) mass is 326 g/mol. The van der Waals surface area contributed by atoms with Crippen LogP contribution in [0.2, 0.25) is 0 Å². The van der Waals surface area contributed by atoms with Crippen LogP contribution in [0.3, 0.4) is 0 Å². The number of aryl methyl sites for hydroxylation is 1. The molecule has 1 fully saturated rings. The number of rotatable bonds is 5. The van der Waals surface area contributed by atoms with E-state index < -0.39 is 0 Å². The van der Waals surface area contributed by atoms with Gasteiger partial charge in [-0.15, -0.1) is 11.3 Å². The summed E-state index contributed by atoms with van der Waals surface area (Å²) >= 11 is 1.56. The molecule has 2 rings (SSSR count). The maximum absolute atomic E-state index is 12.3. The number of urea groups is 1. The van der Waals surface area contributed by atoms with Crippen LogP contribution in [0.15, 0.2) is 10.8 Å². The number of nitrogens with one attached hydrogen (secondary N) is 1. The zero-order valence-electron chi connectivity index (χ0n) is 12.9. The average molecular weight is 326 g/mol. The molecule has 1 unspecified atom stereocenters. The van der Waals surface area contributed by atoms with E-state index in [1.165, 1.54) is 0 Å². The molecule has 22 heavy (non-hydrogen) atoms. The predicted molar refractivity (Wildman–Crippen MR) is 86.1 cm³/mol. The molecule has 2 heterocycles. The van der Waals surface area contributed by atoms with Crippen LogP contribution < -0.4 is 11.1 Å². The molecule has 3 N–H and O–H groups in total. The number of carbonyl (C=O) groups is 2. The zero-order chi connectivity index (χ0) is 16.1. The van der Waals surface area contributed by atoms with Crippen LogP contribution in [0.25, 0.3) is 0 Å². The number of amides is 3. The lowest BCUT2D eigenvalue weighted by Crippen LogP contribution is -2.51. The van der Waals surface area contributed by atoms with Gasteiger partial charge in [0.15, 0.2) is 0 Å². The minimum Gasteiger partial charge on any atom is -0.373 e. The summed E-state index contributed by atoms with van der Waals surface area (Å²) in [6.07, 6.45) is -0.118. The van der Waals surface area contributed by atoms with Crippen molar-refractivity contribution in [3.05, 3.63) is 16.3 Å². The molecule has 1 aromatic heterocycles. The van der Waals surface area contributed by atoms with Crippen molar-refractivity contribution in [3.8, 4) is 0 Å². The van der Waals surface area contributed by atoms with Crippen molar-refractivity contribution in [2.75, 3.05) is 45.2 Å². The van der Waals surface area contributed by atoms with Crippen molar-refractivity contribution in [1.29, 1.82) is 0 Å². The zero-order valence-corrected chi connectivity index (χ0v) is 13.7. The third-order valence-electron chi connectivity index (χ3n) is 3.46. The van der Waals surface area contributed by atoms with Gasteiger partial charge in [-0.05, 0) is 24.9 Å². The minimum absolute atomic E-state index is 0.118. The Hall–Kier alpha value is -1.64. The average Bonchev–Trinajstić information content (AvgIpc) is 2.83. The molecule has 122 valence electrons. The van der Waals surface area contributed by atoms with Crippen molar-refractivity contribution in [1.82, 2.24) is 9.80 Å². The van der Waals surface area contributed by atoms with Gasteiger partial charge >= 0.3 is 6.03 Å². The summed E-state index contributed by atoms with van der Waals surface area (Å²) in [5.41, 5.74) is 7.08. The fourth-order valence-corrected chi connectivity index (χ4v) is 3.16. The molecule has 0 spiro atoms. The van der Waals surface area contributed by atoms with Crippen LogP contribution in [0.4, 0.5) is 10.5 Å². The van der Waals surface area contributed by atoms with Gasteiger partial charge in [-0.3, -0.25) is 9.69 Å². The van der Waals surface area contributed by atoms with Crippen LogP contribution >= 0.6 is 11.3 Å². The third-order valence-corrected chi connectivity index (χ3v) is 4.33.